The van der Waals surface area contributed by atoms with Gasteiger partial charge < -0.3 is 18.9 Å². The van der Waals surface area contributed by atoms with E-state index < -0.39 is 26.5 Å². The van der Waals surface area contributed by atoms with Gasteiger partial charge in [-0.25, -0.2) is 4.57 Å². The number of likely N-dealkylation sites (N-methyl/N-ethyl adjacent to an activating group) is 1. The molecule has 0 aliphatic rings. The highest BCUT2D eigenvalue weighted by Gasteiger charge is 2.27. The molecule has 0 aliphatic carbocycles. The number of unbranched alkanes of at least 4 members (excludes halogenated alkanes) is 19. The number of allylic oxidation sites excluding steroid dienone is 8. The van der Waals surface area contributed by atoms with Crippen LogP contribution >= 0.6 is 7.82 Å². The van der Waals surface area contributed by atoms with Gasteiger partial charge in [-0.3, -0.25) is 18.6 Å². The fourth-order valence-corrected chi connectivity index (χ4v) is 6.35. The average Bonchev–Trinajstić information content (AvgIpc) is 3.12. The van der Waals surface area contributed by atoms with Gasteiger partial charge in [0.1, 0.15) is 19.8 Å². The first-order valence-corrected chi connectivity index (χ1v) is 22.9. The minimum Gasteiger partial charge on any atom is -0.462 e. The SMILES string of the molecule is CC/C=C/C=C/C=C/C=C/CCCCCCCC(=O)O[C@H](COC(=O)CCCCCCCCCCCCCCCCC)COP(=O)(O)OCC[N+](C)(C)C. The van der Waals surface area contributed by atoms with E-state index in [4.69, 9.17) is 18.5 Å². The zero-order valence-corrected chi connectivity index (χ0v) is 36.1. The van der Waals surface area contributed by atoms with E-state index in [-0.39, 0.29) is 32.0 Å². The molecule has 0 fully saturated rings. The normalized spacial score (nSPS) is 14.1. The third-order valence-electron chi connectivity index (χ3n) is 8.97. The summed E-state index contributed by atoms with van der Waals surface area (Å²) in [5, 5.41) is 0. The largest absolute Gasteiger partial charge is 0.472 e. The van der Waals surface area contributed by atoms with Crippen LogP contribution in [0.4, 0.5) is 0 Å². The molecule has 0 heterocycles. The molecule has 0 bridgehead atoms. The van der Waals surface area contributed by atoms with Crippen LogP contribution in [0.1, 0.15) is 168 Å². The van der Waals surface area contributed by atoms with Crippen molar-refractivity contribution < 1.29 is 42.1 Å². The van der Waals surface area contributed by atoms with Gasteiger partial charge in [-0.1, -0.05) is 172 Å². The lowest BCUT2D eigenvalue weighted by Gasteiger charge is -2.24. The van der Waals surface area contributed by atoms with Gasteiger partial charge in [0.25, 0.3) is 0 Å². The minimum absolute atomic E-state index is 0.0259. The molecule has 54 heavy (non-hydrogen) atoms. The summed E-state index contributed by atoms with van der Waals surface area (Å²) in [6, 6.07) is 0. The van der Waals surface area contributed by atoms with E-state index >= 15 is 0 Å². The van der Waals surface area contributed by atoms with Gasteiger partial charge in [-0.2, -0.15) is 0 Å². The number of carbonyl (C=O) groups is 2. The Morgan fingerprint density at radius 1 is 0.593 bits per heavy atom. The molecule has 314 valence electrons. The third kappa shape index (κ3) is 39.7. The zero-order valence-electron chi connectivity index (χ0n) is 35.2. The number of hydrogen-bond donors (Lipinski definition) is 1. The molecular weight excluding hydrogens is 701 g/mol. The van der Waals surface area contributed by atoms with Crippen molar-refractivity contribution in [1.82, 2.24) is 0 Å². The van der Waals surface area contributed by atoms with Crippen molar-refractivity contribution in [3.8, 4) is 0 Å². The number of rotatable bonds is 38. The molecule has 0 rings (SSSR count). The van der Waals surface area contributed by atoms with Gasteiger partial charge in [0.2, 0.25) is 0 Å². The van der Waals surface area contributed by atoms with E-state index in [0.717, 1.165) is 57.8 Å². The van der Waals surface area contributed by atoms with Crippen LogP contribution in [0, 0.1) is 0 Å². The lowest BCUT2D eigenvalue weighted by molar-refractivity contribution is -0.870. The van der Waals surface area contributed by atoms with Crippen molar-refractivity contribution in [3.63, 3.8) is 0 Å². The van der Waals surface area contributed by atoms with Crippen LogP contribution in [0.15, 0.2) is 48.6 Å². The second kappa shape index (κ2) is 36.6. The lowest BCUT2D eigenvalue weighted by Crippen LogP contribution is -2.37. The number of quaternary nitrogens is 1. The molecule has 0 radical (unpaired) electrons. The Balaban J connectivity index is 4.41. The van der Waals surface area contributed by atoms with Gasteiger partial charge in [0, 0.05) is 12.8 Å². The van der Waals surface area contributed by atoms with Gasteiger partial charge in [0.05, 0.1) is 27.7 Å². The first kappa shape index (κ1) is 52.0. The lowest BCUT2D eigenvalue weighted by atomic mass is 10.0. The van der Waals surface area contributed by atoms with Gasteiger partial charge >= 0.3 is 19.8 Å². The molecule has 0 aliphatic heterocycles. The van der Waals surface area contributed by atoms with Crippen molar-refractivity contribution in [2.45, 2.75) is 174 Å². The predicted octanol–water partition coefficient (Wildman–Crippen LogP) is 11.9. The highest BCUT2D eigenvalue weighted by molar-refractivity contribution is 7.47. The molecule has 0 saturated heterocycles. The first-order valence-electron chi connectivity index (χ1n) is 21.4. The summed E-state index contributed by atoms with van der Waals surface area (Å²) in [6.07, 6.45) is 41.5. The molecule has 0 aromatic rings. The molecule has 1 N–H and O–H groups in total. The molecule has 2 atom stereocenters. The summed E-state index contributed by atoms with van der Waals surface area (Å²) < 4.78 is 34.2. The summed E-state index contributed by atoms with van der Waals surface area (Å²) in [6.45, 7) is 4.25. The maximum Gasteiger partial charge on any atom is 0.472 e. The summed E-state index contributed by atoms with van der Waals surface area (Å²) in [4.78, 5) is 35.3. The Kier molecular flexibility index (Phi) is 35.2. The van der Waals surface area contributed by atoms with E-state index in [2.05, 4.69) is 32.1 Å². The highest BCUT2D eigenvalue weighted by Crippen LogP contribution is 2.43. The van der Waals surface area contributed by atoms with Crippen LogP contribution in [0.5, 0.6) is 0 Å². The molecule has 1 unspecified atom stereocenters. The van der Waals surface area contributed by atoms with Crippen molar-refractivity contribution in [3.05, 3.63) is 48.6 Å². The predicted molar refractivity (Wildman–Crippen MR) is 224 cm³/mol. The number of esters is 2. The van der Waals surface area contributed by atoms with E-state index in [1.54, 1.807) is 0 Å². The van der Waals surface area contributed by atoms with E-state index in [1.165, 1.54) is 77.0 Å². The topological polar surface area (TPSA) is 108 Å². The van der Waals surface area contributed by atoms with Gasteiger partial charge in [0.15, 0.2) is 6.10 Å². The monoisotopic (exact) mass is 783 g/mol. The number of phosphoric acid groups is 1. The smallest absolute Gasteiger partial charge is 0.462 e. The van der Waals surface area contributed by atoms with Crippen LogP contribution in [-0.4, -0.2) is 74.9 Å². The fraction of sp³-hybridized carbons (Fsp3) is 0.773. The first-order chi connectivity index (χ1) is 26.0. The second-order valence-corrected chi connectivity index (χ2v) is 16.9. The summed E-state index contributed by atoms with van der Waals surface area (Å²) in [5.41, 5.74) is 0. The molecule has 0 spiro atoms. The van der Waals surface area contributed by atoms with Gasteiger partial charge in [-0.05, 0) is 32.1 Å². The minimum atomic E-state index is -4.38. The van der Waals surface area contributed by atoms with E-state index in [1.807, 2.05) is 51.5 Å². The van der Waals surface area contributed by atoms with Crippen molar-refractivity contribution in [2.24, 2.45) is 0 Å². The fourth-order valence-electron chi connectivity index (χ4n) is 5.61. The van der Waals surface area contributed by atoms with Crippen LogP contribution in [-0.2, 0) is 32.7 Å². The molecule has 9 nitrogen and oxygen atoms in total. The molecular formula is C44H81NO8P+. The zero-order chi connectivity index (χ0) is 40.0. The summed E-state index contributed by atoms with van der Waals surface area (Å²) in [7, 11) is 1.46. The van der Waals surface area contributed by atoms with Crippen LogP contribution in [0.25, 0.3) is 0 Å². The van der Waals surface area contributed by atoms with Crippen molar-refractivity contribution >= 4 is 19.8 Å². The Morgan fingerprint density at radius 2 is 1.06 bits per heavy atom. The molecule has 0 aromatic carbocycles. The maximum absolute atomic E-state index is 12.7. The molecule has 0 saturated carbocycles. The number of carbonyl (C=O) groups excluding carboxylic acids is 2. The number of nitrogens with zero attached hydrogens (tertiary/aromatic N) is 1. The second-order valence-electron chi connectivity index (χ2n) is 15.4. The molecule has 0 aromatic heterocycles. The summed E-state index contributed by atoms with van der Waals surface area (Å²) >= 11 is 0. The standard InChI is InChI=1S/C44H80NO8P/c1-6-8-10-12-14-16-18-20-22-24-26-28-30-32-34-36-43(46)50-40-42(41-52-54(48,49)51-39-38-45(3,4)5)53-44(47)37-35-33-31-29-27-25-23-21-19-17-15-13-11-9-7-2/h9,11,13,15,17,19,21,23,42H,6-8,10,12,14,16,18,20,22,24-41H2,1-5H3/p+1/b11-9+,15-13+,19-17+,23-21+/t42-/m1/s1. The van der Waals surface area contributed by atoms with Crippen molar-refractivity contribution in [2.75, 3.05) is 47.5 Å². The number of phosphoric ester groups is 1. The Labute approximate surface area is 331 Å². The maximum atomic E-state index is 12.7. The number of ether oxygens (including phenoxy) is 2. The van der Waals surface area contributed by atoms with Crippen LogP contribution in [0.2, 0.25) is 0 Å². The van der Waals surface area contributed by atoms with Crippen LogP contribution < -0.4 is 0 Å². The van der Waals surface area contributed by atoms with Crippen LogP contribution in [0.3, 0.4) is 0 Å². The Hall–Kier alpha value is -2.03. The highest BCUT2D eigenvalue weighted by atomic mass is 31.2. The third-order valence-corrected chi connectivity index (χ3v) is 9.95. The number of hydrogen-bond acceptors (Lipinski definition) is 7. The Morgan fingerprint density at radius 3 is 1.57 bits per heavy atom. The molecule has 0 amide bonds. The Bertz CT molecular complexity index is 1070. The quantitative estimate of drug-likeness (QED) is 0.0217. The van der Waals surface area contributed by atoms with Crippen molar-refractivity contribution in [1.29, 1.82) is 0 Å². The van der Waals surface area contributed by atoms with Gasteiger partial charge in [-0.15, -0.1) is 0 Å². The molecule has 10 heteroatoms. The summed E-state index contributed by atoms with van der Waals surface area (Å²) in [5.74, 6) is -0.825. The average molecular weight is 783 g/mol. The van der Waals surface area contributed by atoms with E-state index in [9.17, 15) is 19.0 Å². The van der Waals surface area contributed by atoms with E-state index in [0.29, 0.717) is 17.4 Å².